The fraction of sp³-hybridized carbons (Fsp3) is 0.700. The van der Waals surface area contributed by atoms with E-state index in [9.17, 15) is 19.5 Å². The highest BCUT2D eigenvalue weighted by Gasteiger charge is 2.33. The first-order valence-corrected chi connectivity index (χ1v) is 5.73. The molecule has 0 saturated heterocycles. The molecule has 0 radical (unpaired) electrons. The molecule has 0 aromatic carbocycles. The number of aromatic amines is 2. The molecule has 7 nitrogen and oxygen atoms in total. The highest BCUT2D eigenvalue weighted by atomic mass is 16.4. The number of carboxylic acids is 1. The molecule has 1 atom stereocenters. The highest BCUT2D eigenvalue weighted by molar-refractivity contribution is 5.72. The number of hydrogen-bond acceptors (Lipinski definition) is 3. The van der Waals surface area contributed by atoms with Crippen molar-refractivity contribution >= 4 is 5.97 Å². The molecular formula is C10H15N3O4. The lowest BCUT2D eigenvalue weighted by molar-refractivity contribution is -0.143. The van der Waals surface area contributed by atoms with E-state index in [4.69, 9.17) is 0 Å². The van der Waals surface area contributed by atoms with E-state index in [1.807, 2.05) is 0 Å². The van der Waals surface area contributed by atoms with Crippen LogP contribution in [0.3, 0.4) is 0 Å². The van der Waals surface area contributed by atoms with Crippen LogP contribution in [-0.2, 0) is 4.79 Å². The number of carbonyl (C=O) groups is 1. The first kappa shape index (κ1) is 11.7. The average Bonchev–Trinajstić information content (AvgIpc) is 2.62. The molecule has 7 heteroatoms. The van der Waals surface area contributed by atoms with Crippen LogP contribution in [0.15, 0.2) is 9.59 Å². The van der Waals surface area contributed by atoms with Gasteiger partial charge in [-0.3, -0.25) is 0 Å². The number of aliphatic carboxylic acids is 1. The first-order valence-electron chi connectivity index (χ1n) is 5.73. The van der Waals surface area contributed by atoms with E-state index < -0.39 is 23.4 Å². The van der Waals surface area contributed by atoms with Crippen LogP contribution in [0.5, 0.6) is 0 Å². The number of H-pyrrole nitrogens is 2. The molecule has 1 aliphatic rings. The summed E-state index contributed by atoms with van der Waals surface area (Å²) in [5.41, 5.74) is -1.37. The standard InChI is InChI=1S/C10H15N3O4/c14-8(15)7(6-4-2-1-3-5-6)13-9(16)11-12-10(13)17/h6-7H,1-5H2,(H,11,16)(H,12,17)(H,14,15). The summed E-state index contributed by atoms with van der Waals surface area (Å²) < 4.78 is 0.776. The molecular weight excluding hydrogens is 226 g/mol. The maximum absolute atomic E-state index is 11.4. The van der Waals surface area contributed by atoms with Crippen LogP contribution in [0, 0.1) is 5.92 Å². The number of hydrogen-bond donors (Lipinski definition) is 3. The predicted octanol–water partition coefficient (Wildman–Crippen LogP) is 0.0707. The highest BCUT2D eigenvalue weighted by Crippen LogP contribution is 2.31. The Bertz CT molecular complexity index is 479. The van der Waals surface area contributed by atoms with Crippen molar-refractivity contribution in [2.24, 2.45) is 5.92 Å². The Morgan fingerprint density at radius 3 is 2.18 bits per heavy atom. The molecule has 1 aromatic rings. The van der Waals surface area contributed by atoms with Gasteiger partial charge in [0.15, 0.2) is 0 Å². The monoisotopic (exact) mass is 241 g/mol. The smallest absolute Gasteiger partial charge is 0.345 e. The van der Waals surface area contributed by atoms with Crippen LogP contribution >= 0.6 is 0 Å². The van der Waals surface area contributed by atoms with Crippen molar-refractivity contribution in [1.82, 2.24) is 14.8 Å². The second-order valence-corrected chi connectivity index (χ2v) is 4.41. The Balaban J connectivity index is 2.38. The second kappa shape index (κ2) is 4.60. The second-order valence-electron chi connectivity index (χ2n) is 4.41. The number of aromatic nitrogens is 3. The van der Waals surface area contributed by atoms with E-state index in [1.165, 1.54) is 0 Å². The zero-order chi connectivity index (χ0) is 12.4. The summed E-state index contributed by atoms with van der Waals surface area (Å²) in [6.07, 6.45) is 4.47. The third-order valence-electron chi connectivity index (χ3n) is 3.34. The van der Waals surface area contributed by atoms with Gasteiger partial charge >= 0.3 is 17.3 Å². The molecule has 1 fully saturated rings. The minimum Gasteiger partial charge on any atom is -0.480 e. The van der Waals surface area contributed by atoms with Crippen LogP contribution in [0.25, 0.3) is 0 Å². The minimum atomic E-state index is -1.12. The summed E-state index contributed by atoms with van der Waals surface area (Å²) in [5.74, 6) is -1.26. The predicted molar refractivity (Wildman–Crippen MR) is 58.9 cm³/mol. The Hall–Kier alpha value is -1.79. The van der Waals surface area contributed by atoms with Crippen LogP contribution in [0.4, 0.5) is 0 Å². The Kier molecular flexibility index (Phi) is 3.16. The van der Waals surface area contributed by atoms with Gasteiger partial charge in [-0.15, -0.1) is 0 Å². The Labute approximate surface area is 96.5 Å². The van der Waals surface area contributed by atoms with Gasteiger partial charge in [-0.2, -0.15) is 0 Å². The molecule has 17 heavy (non-hydrogen) atoms. The van der Waals surface area contributed by atoms with Gasteiger partial charge in [0.1, 0.15) is 6.04 Å². The number of nitrogens with one attached hydrogen (secondary N) is 2. The fourth-order valence-electron chi connectivity index (χ4n) is 2.55. The molecule has 1 saturated carbocycles. The molecule has 2 rings (SSSR count). The van der Waals surface area contributed by atoms with E-state index in [0.717, 1.165) is 36.7 Å². The molecule has 0 bridgehead atoms. The molecule has 0 spiro atoms. The van der Waals surface area contributed by atoms with Crippen molar-refractivity contribution in [3.8, 4) is 0 Å². The molecule has 1 aliphatic carbocycles. The molecule has 3 N–H and O–H groups in total. The topological polar surface area (TPSA) is 108 Å². The molecule has 1 unspecified atom stereocenters. The molecule has 94 valence electrons. The zero-order valence-corrected chi connectivity index (χ0v) is 9.31. The van der Waals surface area contributed by atoms with Crippen LogP contribution in [-0.4, -0.2) is 25.8 Å². The van der Waals surface area contributed by atoms with Gasteiger partial charge in [0.25, 0.3) is 0 Å². The lowest BCUT2D eigenvalue weighted by Crippen LogP contribution is -2.40. The van der Waals surface area contributed by atoms with Crippen molar-refractivity contribution in [2.75, 3.05) is 0 Å². The lowest BCUT2D eigenvalue weighted by atomic mass is 9.84. The van der Waals surface area contributed by atoms with Crippen molar-refractivity contribution < 1.29 is 9.90 Å². The third-order valence-corrected chi connectivity index (χ3v) is 3.34. The fourth-order valence-corrected chi connectivity index (χ4v) is 2.55. The lowest BCUT2D eigenvalue weighted by Gasteiger charge is -2.26. The molecule has 0 amide bonds. The van der Waals surface area contributed by atoms with Gasteiger partial charge in [-0.25, -0.2) is 29.1 Å². The molecule has 0 aliphatic heterocycles. The summed E-state index contributed by atoms with van der Waals surface area (Å²) in [6.45, 7) is 0. The minimum absolute atomic E-state index is 0.143. The Morgan fingerprint density at radius 1 is 1.18 bits per heavy atom. The zero-order valence-electron chi connectivity index (χ0n) is 9.31. The van der Waals surface area contributed by atoms with E-state index in [2.05, 4.69) is 10.2 Å². The van der Waals surface area contributed by atoms with E-state index in [1.54, 1.807) is 0 Å². The summed E-state index contributed by atoms with van der Waals surface area (Å²) in [6, 6.07) is -1.06. The van der Waals surface area contributed by atoms with Gasteiger partial charge in [-0.05, 0) is 18.8 Å². The maximum atomic E-state index is 11.4. The van der Waals surface area contributed by atoms with Crippen LogP contribution < -0.4 is 11.4 Å². The number of nitrogens with zero attached hydrogens (tertiary/aromatic N) is 1. The molecule has 1 aromatic heterocycles. The Morgan fingerprint density at radius 2 is 1.71 bits per heavy atom. The SMILES string of the molecule is O=C(O)C(C1CCCCC1)n1c(=O)[nH][nH]c1=O. The van der Waals surface area contributed by atoms with E-state index in [-0.39, 0.29) is 5.92 Å². The van der Waals surface area contributed by atoms with Crippen LogP contribution in [0.1, 0.15) is 38.1 Å². The van der Waals surface area contributed by atoms with Gasteiger partial charge in [0, 0.05) is 0 Å². The number of carboxylic acid groups (broad SMARTS) is 1. The van der Waals surface area contributed by atoms with Crippen molar-refractivity contribution in [2.45, 2.75) is 38.1 Å². The van der Waals surface area contributed by atoms with Gasteiger partial charge in [-0.1, -0.05) is 19.3 Å². The van der Waals surface area contributed by atoms with Gasteiger partial charge in [0.05, 0.1) is 0 Å². The van der Waals surface area contributed by atoms with Crippen molar-refractivity contribution in [3.63, 3.8) is 0 Å². The molecule has 1 heterocycles. The van der Waals surface area contributed by atoms with E-state index in [0.29, 0.717) is 0 Å². The maximum Gasteiger partial charge on any atom is 0.345 e. The summed E-state index contributed by atoms with van der Waals surface area (Å²) in [5, 5.41) is 13.5. The third kappa shape index (κ3) is 2.17. The van der Waals surface area contributed by atoms with Gasteiger partial charge < -0.3 is 5.11 Å². The first-order chi connectivity index (χ1) is 8.11. The number of rotatable bonds is 3. The summed E-state index contributed by atoms with van der Waals surface area (Å²) in [7, 11) is 0. The van der Waals surface area contributed by atoms with Crippen molar-refractivity contribution in [3.05, 3.63) is 21.0 Å². The van der Waals surface area contributed by atoms with Crippen LogP contribution in [0.2, 0.25) is 0 Å². The average molecular weight is 241 g/mol. The summed E-state index contributed by atoms with van der Waals surface area (Å²) in [4.78, 5) is 34.2. The van der Waals surface area contributed by atoms with Crippen molar-refractivity contribution in [1.29, 1.82) is 0 Å². The van der Waals surface area contributed by atoms with Gasteiger partial charge in [0.2, 0.25) is 0 Å². The van der Waals surface area contributed by atoms with E-state index >= 15 is 0 Å². The normalized spacial score (nSPS) is 19.1. The summed E-state index contributed by atoms with van der Waals surface area (Å²) >= 11 is 0. The quantitative estimate of drug-likeness (QED) is 0.695. The largest absolute Gasteiger partial charge is 0.480 e.